The zero-order valence-electron chi connectivity index (χ0n) is 20.9. The van der Waals surface area contributed by atoms with E-state index >= 15 is 0 Å². The van der Waals surface area contributed by atoms with Crippen molar-refractivity contribution in [1.82, 2.24) is 24.4 Å². The molecule has 1 saturated heterocycles. The Morgan fingerprint density at radius 1 is 1.13 bits per heavy atom. The van der Waals surface area contributed by atoms with Gasteiger partial charge in [-0.15, -0.1) is 5.92 Å². The van der Waals surface area contributed by atoms with Crippen molar-refractivity contribution in [1.29, 1.82) is 0 Å². The second kappa shape index (κ2) is 11.4. The van der Waals surface area contributed by atoms with E-state index in [1.165, 1.54) is 31.3 Å². The highest BCUT2D eigenvalue weighted by atomic mass is 19.4. The highest BCUT2D eigenvalue weighted by Gasteiger charge is 2.41. The fourth-order valence-corrected chi connectivity index (χ4v) is 3.71. The Morgan fingerprint density at radius 2 is 1.82 bits per heavy atom. The number of benzene rings is 1. The van der Waals surface area contributed by atoms with Crippen LogP contribution in [-0.4, -0.2) is 70.0 Å². The molecule has 1 fully saturated rings. The molecule has 0 spiro atoms. The van der Waals surface area contributed by atoms with Crippen LogP contribution in [0.15, 0.2) is 29.1 Å². The number of esters is 2. The number of carbonyl (C=O) groups excluding carboxylic acids is 2. The van der Waals surface area contributed by atoms with Gasteiger partial charge in [0, 0.05) is 33.2 Å². The van der Waals surface area contributed by atoms with E-state index in [4.69, 9.17) is 9.47 Å². The Morgan fingerprint density at radius 3 is 2.49 bits per heavy atom. The monoisotopic (exact) mass is 548 g/mol. The van der Waals surface area contributed by atoms with Gasteiger partial charge >= 0.3 is 24.1 Å². The lowest BCUT2D eigenvalue weighted by atomic mass is 10.3. The van der Waals surface area contributed by atoms with E-state index < -0.39 is 30.3 Å². The van der Waals surface area contributed by atoms with Gasteiger partial charge < -0.3 is 24.4 Å². The normalized spacial score (nSPS) is 13.5. The van der Waals surface area contributed by atoms with E-state index in [-0.39, 0.29) is 35.2 Å². The number of imidazole rings is 1. The Kier molecular flexibility index (Phi) is 8.05. The molecule has 1 N–H and O–H groups in total. The first-order valence-electron chi connectivity index (χ1n) is 11.6. The number of hydrogen-bond acceptors (Lipinski definition) is 10. The molecule has 1 aliphatic heterocycles. The number of aromatic nitrogens is 4. The van der Waals surface area contributed by atoms with Gasteiger partial charge in [-0.3, -0.25) is 13.9 Å². The lowest BCUT2D eigenvalue weighted by Crippen LogP contribution is -2.44. The molecule has 1 aliphatic rings. The number of nitrogens with zero attached hydrogens (tertiary/aromatic N) is 5. The molecular formula is C24H23F3N6O6. The summed E-state index contributed by atoms with van der Waals surface area (Å²) in [7, 11) is 1.43. The lowest BCUT2D eigenvalue weighted by Gasteiger charge is -2.28. The maximum atomic E-state index is 13.4. The van der Waals surface area contributed by atoms with Crippen LogP contribution in [0, 0.1) is 11.8 Å². The van der Waals surface area contributed by atoms with Crippen molar-refractivity contribution in [3.8, 4) is 29.4 Å². The van der Waals surface area contributed by atoms with Gasteiger partial charge in [-0.05, 0) is 19.1 Å². The van der Waals surface area contributed by atoms with E-state index in [9.17, 15) is 27.6 Å². The Balaban J connectivity index is 1.64. The van der Waals surface area contributed by atoms with Crippen molar-refractivity contribution in [2.75, 3.05) is 37.7 Å². The zero-order valence-corrected chi connectivity index (χ0v) is 20.9. The molecule has 2 aromatic heterocycles. The topological polar surface area (TPSA) is 130 Å². The number of alkyl halides is 3. The molecule has 12 nitrogen and oxygen atoms in total. The predicted molar refractivity (Wildman–Crippen MR) is 130 cm³/mol. The van der Waals surface area contributed by atoms with Crippen molar-refractivity contribution in [3.05, 3.63) is 34.6 Å². The first-order chi connectivity index (χ1) is 18.6. The quantitative estimate of drug-likeness (QED) is 0.263. The number of nitrogens with one attached hydrogen (secondary N) is 1. The minimum absolute atomic E-state index is 0.0755. The fraction of sp³-hybridized carbons (Fsp3) is 0.375. The largest absolute Gasteiger partial charge is 0.490 e. The summed E-state index contributed by atoms with van der Waals surface area (Å²) in [5.74, 6) is 2.23. The number of carbonyl (C=O) groups is 2. The van der Waals surface area contributed by atoms with Gasteiger partial charge in [0.1, 0.15) is 0 Å². The Labute approximate surface area is 219 Å². The average Bonchev–Trinajstić information content (AvgIpc) is 3.28. The number of anilines is 1. The van der Waals surface area contributed by atoms with E-state index in [0.717, 1.165) is 17.7 Å². The van der Waals surface area contributed by atoms with Crippen molar-refractivity contribution in [2.24, 2.45) is 7.05 Å². The number of halogens is 3. The molecule has 0 atom stereocenters. The number of hydrogen-bond donors (Lipinski definition) is 1. The molecule has 1 aromatic carbocycles. The molecule has 0 radical (unpaired) electrons. The van der Waals surface area contributed by atoms with Crippen molar-refractivity contribution < 1.29 is 37.0 Å². The summed E-state index contributed by atoms with van der Waals surface area (Å²) < 4.78 is 54.5. The van der Waals surface area contributed by atoms with Gasteiger partial charge in [0.15, 0.2) is 29.3 Å². The highest BCUT2D eigenvalue weighted by molar-refractivity contribution is 5.81. The number of para-hydroxylation sites is 2. The van der Waals surface area contributed by atoms with Crippen LogP contribution in [-0.2, 0) is 27.9 Å². The third-order valence-corrected chi connectivity index (χ3v) is 5.57. The molecule has 3 heterocycles. The lowest BCUT2D eigenvalue weighted by molar-refractivity contribution is -0.200. The van der Waals surface area contributed by atoms with Crippen LogP contribution >= 0.6 is 0 Å². The smallest absolute Gasteiger partial charge is 0.447 e. The van der Waals surface area contributed by atoms with Gasteiger partial charge in [0.05, 0.1) is 6.54 Å². The number of fused-ring (bicyclic) bond motifs is 1. The summed E-state index contributed by atoms with van der Waals surface area (Å²) in [5.41, 5.74) is -0.115. The van der Waals surface area contributed by atoms with Crippen LogP contribution in [0.5, 0.6) is 17.5 Å². The summed E-state index contributed by atoms with van der Waals surface area (Å²) >= 11 is 0. The molecular weight excluding hydrogens is 525 g/mol. The third kappa shape index (κ3) is 6.12. The maximum Gasteiger partial charge on any atom is 0.490 e. The number of piperazine rings is 1. The van der Waals surface area contributed by atoms with Crippen LogP contribution in [0.1, 0.15) is 6.92 Å². The molecule has 4 rings (SSSR count). The van der Waals surface area contributed by atoms with Crippen LogP contribution in [0.3, 0.4) is 0 Å². The molecule has 0 amide bonds. The van der Waals surface area contributed by atoms with Crippen LogP contribution in [0.25, 0.3) is 11.2 Å². The second-order valence-electron chi connectivity index (χ2n) is 8.19. The highest BCUT2D eigenvalue weighted by Crippen LogP contribution is 2.31. The molecule has 0 saturated carbocycles. The Bertz CT molecular complexity index is 1510. The molecule has 15 heteroatoms. The zero-order chi connectivity index (χ0) is 28.2. The van der Waals surface area contributed by atoms with Crippen LogP contribution < -0.4 is 25.2 Å². The summed E-state index contributed by atoms with van der Waals surface area (Å²) in [5, 5.41) is 3.26. The summed E-state index contributed by atoms with van der Waals surface area (Å²) in [6, 6.07) is 5.52. The number of ether oxygens (including phenoxy) is 3. The molecule has 0 aliphatic carbocycles. The Hall–Kier alpha value is -4.58. The third-order valence-electron chi connectivity index (χ3n) is 5.57. The van der Waals surface area contributed by atoms with E-state index in [0.29, 0.717) is 19.0 Å². The van der Waals surface area contributed by atoms with Crippen molar-refractivity contribution in [2.45, 2.75) is 19.6 Å². The van der Waals surface area contributed by atoms with Gasteiger partial charge in [0.25, 0.3) is 5.56 Å². The SMILES string of the molecule is CC#CCn1c(N2CCNCC2)nc2nc(Oc3ccccc3OC(=O)COC(=O)C(F)(F)F)n(C)c(=O)c21. The molecule has 206 valence electrons. The van der Waals surface area contributed by atoms with Crippen LogP contribution in [0.2, 0.25) is 0 Å². The van der Waals surface area contributed by atoms with Crippen molar-refractivity contribution in [3.63, 3.8) is 0 Å². The first-order valence-corrected chi connectivity index (χ1v) is 11.6. The number of rotatable bonds is 7. The average molecular weight is 548 g/mol. The molecule has 3 aromatic rings. The standard InChI is InChI=1S/C24H23F3N6O6/c1-3-4-11-33-18-19(29-22(33)32-12-9-28-10-13-32)30-23(31(2)20(18)35)39-16-8-6-5-7-15(16)38-17(34)14-37-21(36)24(25,26)27/h5-8,28H,9-14H2,1-2H3. The maximum absolute atomic E-state index is 13.4. The predicted octanol–water partition coefficient (Wildman–Crippen LogP) is 1.37. The first kappa shape index (κ1) is 27.5. The van der Waals surface area contributed by atoms with Gasteiger partial charge in [-0.25, -0.2) is 9.59 Å². The van der Waals surface area contributed by atoms with Crippen LogP contribution in [0.4, 0.5) is 19.1 Å². The minimum Gasteiger partial charge on any atom is -0.447 e. The molecule has 0 bridgehead atoms. The minimum atomic E-state index is -5.25. The van der Waals surface area contributed by atoms with Gasteiger partial charge in [-0.1, -0.05) is 18.1 Å². The summed E-state index contributed by atoms with van der Waals surface area (Å²) in [4.78, 5) is 47.3. The van der Waals surface area contributed by atoms with Gasteiger partial charge in [0.2, 0.25) is 5.95 Å². The van der Waals surface area contributed by atoms with E-state index in [1.54, 1.807) is 11.5 Å². The molecule has 39 heavy (non-hydrogen) atoms. The fourth-order valence-electron chi connectivity index (χ4n) is 3.71. The second-order valence-corrected chi connectivity index (χ2v) is 8.19. The molecule has 0 unspecified atom stereocenters. The van der Waals surface area contributed by atoms with E-state index in [1.807, 2.05) is 4.90 Å². The summed E-state index contributed by atoms with van der Waals surface area (Å²) in [6.45, 7) is 3.47. The van der Waals surface area contributed by atoms with Crippen molar-refractivity contribution >= 4 is 29.1 Å². The van der Waals surface area contributed by atoms with E-state index in [2.05, 4.69) is 31.9 Å². The summed E-state index contributed by atoms with van der Waals surface area (Å²) in [6.07, 6.45) is -5.25. The van der Waals surface area contributed by atoms with Gasteiger partial charge in [-0.2, -0.15) is 23.1 Å².